The fourth-order valence-electron chi connectivity index (χ4n) is 4.08. The Labute approximate surface area is 206 Å². The van der Waals surface area contributed by atoms with Gasteiger partial charge in [-0.2, -0.15) is 5.10 Å². The molecule has 4 aromatic rings. The summed E-state index contributed by atoms with van der Waals surface area (Å²) in [6.07, 6.45) is 1.79. The monoisotopic (exact) mass is 483 g/mol. The van der Waals surface area contributed by atoms with E-state index in [4.69, 9.17) is 9.47 Å². The number of hydrogen-bond donors (Lipinski definition) is 0. The Kier molecular flexibility index (Phi) is 6.23. The molecule has 0 aliphatic carbocycles. The summed E-state index contributed by atoms with van der Waals surface area (Å²) in [4.78, 5) is 32.1. The molecule has 180 valence electrons. The van der Waals surface area contributed by atoms with Gasteiger partial charge in [-0.15, -0.1) is 0 Å². The van der Waals surface area contributed by atoms with Crippen LogP contribution in [0.15, 0.2) is 84.2 Å². The highest BCUT2D eigenvalue weighted by Crippen LogP contribution is 2.34. The Morgan fingerprint density at radius 2 is 1.86 bits per heavy atom. The van der Waals surface area contributed by atoms with Crippen molar-refractivity contribution in [2.24, 2.45) is 5.10 Å². The van der Waals surface area contributed by atoms with Gasteiger partial charge in [-0.3, -0.25) is 14.9 Å². The number of nitro benzene ring substituents is 1. The van der Waals surface area contributed by atoms with Gasteiger partial charge >= 0.3 is 0 Å². The van der Waals surface area contributed by atoms with Gasteiger partial charge in [0.15, 0.2) is 6.61 Å². The molecule has 0 bridgehead atoms. The second kappa shape index (κ2) is 9.79. The van der Waals surface area contributed by atoms with Crippen LogP contribution in [0, 0.1) is 10.1 Å². The zero-order chi connectivity index (χ0) is 25.1. The van der Waals surface area contributed by atoms with Gasteiger partial charge in [0.25, 0.3) is 11.6 Å². The van der Waals surface area contributed by atoms with E-state index in [1.807, 2.05) is 54.6 Å². The van der Waals surface area contributed by atoms with Crippen LogP contribution < -0.4 is 9.47 Å². The number of hydrogen-bond acceptors (Lipinski definition) is 8. The Hall–Kier alpha value is -4.86. The molecule has 10 heteroatoms. The van der Waals surface area contributed by atoms with E-state index >= 15 is 0 Å². The topological polar surface area (TPSA) is 120 Å². The van der Waals surface area contributed by atoms with E-state index < -0.39 is 4.92 Å². The van der Waals surface area contributed by atoms with Crippen molar-refractivity contribution in [2.45, 2.75) is 12.5 Å². The van der Waals surface area contributed by atoms with Crippen molar-refractivity contribution in [1.82, 2.24) is 15.0 Å². The van der Waals surface area contributed by atoms with Crippen molar-refractivity contribution >= 4 is 28.2 Å². The van der Waals surface area contributed by atoms with E-state index in [1.165, 1.54) is 29.5 Å². The lowest BCUT2D eigenvalue weighted by Gasteiger charge is -2.22. The molecule has 3 aromatic carbocycles. The number of hydrazone groups is 1. The molecular formula is C26H21N5O5. The van der Waals surface area contributed by atoms with Crippen molar-refractivity contribution in [1.29, 1.82) is 0 Å². The molecule has 10 nitrogen and oxygen atoms in total. The molecule has 1 aromatic heterocycles. The highest BCUT2D eigenvalue weighted by molar-refractivity contribution is 6.03. The third-order valence-corrected chi connectivity index (χ3v) is 5.90. The SMILES string of the molecule is COc1ccc([C@H]2CC(c3ccccc3)=NN2C(=O)COc2ncnc3cc([N+](=O)[O-])ccc23)cc1. The molecule has 1 aliphatic rings. The largest absolute Gasteiger partial charge is 0.497 e. The molecule has 1 aliphatic heterocycles. The lowest BCUT2D eigenvalue weighted by atomic mass is 9.98. The molecule has 2 heterocycles. The highest BCUT2D eigenvalue weighted by Gasteiger charge is 2.33. The van der Waals surface area contributed by atoms with E-state index in [0.717, 1.165) is 22.6 Å². The Balaban J connectivity index is 1.40. The van der Waals surface area contributed by atoms with Crippen LogP contribution in [0.2, 0.25) is 0 Å². The van der Waals surface area contributed by atoms with Crippen LogP contribution in [-0.2, 0) is 4.79 Å². The standard InChI is InChI=1S/C26H21N5O5/c1-35-20-10-7-18(8-11-20)24-14-22(17-5-3-2-4-6-17)29-30(24)25(32)15-36-26-21-12-9-19(31(33)34)13-23(21)27-16-28-26/h2-13,16,24H,14-15H2,1H3/t24-/m1/s1. The minimum Gasteiger partial charge on any atom is -0.497 e. The average molecular weight is 483 g/mol. The fraction of sp³-hybridized carbons (Fsp3) is 0.154. The summed E-state index contributed by atoms with van der Waals surface area (Å²) in [6.45, 7) is -0.318. The van der Waals surface area contributed by atoms with Gasteiger partial charge in [-0.05, 0) is 29.3 Å². The van der Waals surface area contributed by atoms with E-state index in [1.54, 1.807) is 7.11 Å². The second-order valence-electron chi connectivity index (χ2n) is 8.07. The van der Waals surface area contributed by atoms with E-state index in [0.29, 0.717) is 17.3 Å². The Morgan fingerprint density at radius 3 is 2.58 bits per heavy atom. The maximum Gasteiger partial charge on any atom is 0.281 e. The minimum atomic E-state index is -0.499. The molecule has 0 unspecified atom stereocenters. The van der Waals surface area contributed by atoms with Gasteiger partial charge in [-0.25, -0.2) is 15.0 Å². The third-order valence-electron chi connectivity index (χ3n) is 5.90. The average Bonchev–Trinajstić information content (AvgIpc) is 3.37. The maximum absolute atomic E-state index is 13.3. The summed E-state index contributed by atoms with van der Waals surface area (Å²) in [6, 6.07) is 21.1. The predicted molar refractivity (Wildman–Crippen MR) is 132 cm³/mol. The first-order chi connectivity index (χ1) is 17.5. The van der Waals surface area contributed by atoms with Crippen LogP contribution in [0.1, 0.15) is 23.6 Å². The van der Waals surface area contributed by atoms with Crippen molar-refractivity contribution in [3.63, 3.8) is 0 Å². The lowest BCUT2D eigenvalue weighted by molar-refractivity contribution is -0.384. The summed E-state index contributed by atoms with van der Waals surface area (Å²) in [5.41, 5.74) is 2.91. The van der Waals surface area contributed by atoms with Crippen molar-refractivity contribution in [2.75, 3.05) is 13.7 Å². The van der Waals surface area contributed by atoms with Gasteiger partial charge in [-0.1, -0.05) is 42.5 Å². The molecule has 0 saturated heterocycles. The molecule has 0 saturated carbocycles. The Morgan fingerprint density at radius 1 is 1.08 bits per heavy atom. The van der Waals surface area contributed by atoms with E-state index in [2.05, 4.69) is 15.1 Å². The van der Waals surface area contributed by atoms with Crippen LogP contribution >= 0.6 is 0 Å². The first-order valence-corrected chi connectivity index (χ1v) is 11.1. The zero-order valence-electron chi connectivity index (χ0n) is 19.3. The summed E-state index contributed by atoms with van der Waals surface area (Å²) in [5.74, 6) is 0.532. The number of nitrogens with zero attached hydrogens (tertiary/aromatic N) is 5. The smallest absolute Gasteiger partial charge is 0.281 e. The normalized spacial score (nSPS) is 15.0. The molecule has 36 heavy (non-hydrogen) atoms. The van der Waals surface area contributed by atoms with Gasteiger partial charge < -0.3 is 9.47 Å². The number of benzene rings is 3. The lowest BCUT2D eigenvalue weighted by Crippen LogP contribution is -2.31. The molecule has 0 fully saturated rings. The van der Waals surface area contributed by atoms with Crippen LogP contribution in [-0.4, -0.2) is 45.2 Å². The summed E-state index contributed by atoms with van der Waals surface area (Å²) in [5, 5.41) is 17.6. The summed E-state index contributed by atoms with van der Waals surface area (Å²) >= 11 is 0. The van der Waals surface area contributed by atoms with Gasteiger partial charge in [0, 0.05) is 18.6 Å². The predicted octanol–water partition coefficient (Wildman–Crippen LogP) is 4.30. The first kappa shape index (κ1) is 22.9. The number of ether oxygens (including phenoxy) is 2. The van der Waals surface area contributed by atoms with Gasteiger partial charge in [0.1, 0.15) is 12.1 Å². The third kappa shape index (κ3) is 4.56. The number of rotatable bonds is 7. The molecule has 0 spiro atoms. The molecule has 1 atom stereocenters. The number of carbonyl (C=O) groups excluding carboxylic acids is 1. The number of carbonyl (C=O) groups is 1. The van der Waals surface area contributed by atoms with Crippen molar-refractivity contribution < 1.29 is 19.2 Å². The first-order valence-electron chi connectivity index (χ1n) is 11.1. The number of fused-ring (bicyclic) bond motifs is 1. The van der Waals surface area contributed by atoms with Gasteiger partial charge in [0.2, 0.25) is 5.88 Å². The highest BCUT2D eigenvalue weighted by atomic mass is 16.6. The quantitative estimate of drug-likeness (QED) is 0.284. The van der Waals surface area contributed by atoms with Crippen molar-refractivity contribution in [3.8, 4) is 11.6 Å². The van der Waals surface area contributed by atoms with E-state index in [-0.39, 0.29) is 30.1 Å². The maximum atomic E-state index is 13.3. The van der Waals surface area contributed by atoms with Crippen LogP contribution in [0.5, 0.6) is 11.6 Å². The van der Waals surface area contributed by atoms with Gasteiger partial charge in [0.05, 0.1) is 34.7 Å². The molecular weight excluding hydrogens is 462 g/mol. The second-order valence-corrected chi connectivity index (χ2v) is 8.07. The number of methoxy groups -OCH3 is 1. The minimum absolute atomic E-state index is 0.0922. The van der Waals surface area contributed by atoms with E-state index in [9.17, 15) is 14.9 Å². The fourth-order valence-corrected chi connectivity index (χ4v) is 4.08. The molecule has 1 amide bonds. The molecule has 0 radical (unpaired) electrons. The summed E-state index contributed by atoms with van der Waals surface area (Å²) < 4.78 is 11.0. The number of aromatic nitrogens is 2. The number of amides is 1. The zero-order valence-corrected chi connectivity index (χ0v) is 19.3. The van der Waals surface area contributed by atoms with Crippen LogP contribution in [0.25, 0.3) is 10.9 Å². The summed E-state index contributed by atoms with van der Waals surface area (Å²) in [7, 11) is 1.60. The van der Waals surface area contributed by atoms with Crippen molar-refractivity contribution in [3.05, 3.63) is 100 Å². The number of nitro groups is 1. The Bertz CT molecular complexity index is 1460. The number of non-ortho nitro benzene ring substituents is 1. The van der Waals surface area contributed by atoms with Crippen LogP contribution in [0.3, 0.4) is 0 Å². The van der Waals surface area contributed by atoms with Crippen LogP contribution in [0.4, 0.5) is 5.69 Å². The molecule has 5 rings (SSSR count). The molecule has 0 N–H and O–H groups in total.